The summed E-state index contributed by atoms with van der Waals surface area (Å²) in [5.41, 5.74) is 3.85. The van der Waals surface area contributed by atoms with Crippen LogP contribution in [0.2, 0.25) is 0 Å². The third-order valence-electron chi connectivity index (χ3n) is 3.73. The first-order valence-corrected chi connectivity index (χ1v) is 7.89. The third-order valence-corrected chi connectivity index (χ3v) is 3.73. The first-order chi connectivity index (χ1) is 11.6. The van der Waals surface area contributed by atoms with Crippen LogP contribution >= 0.6 is 0 Å². The fraction of sp³-hybridized carbons (Fsp3) is 0.263. The largest absolute Gasteiger partial charge is 0.484 e. The van der Waals surface area contributed by atoms with Gasteiger partial charge in [-0.25, -0.2) is 9.82 Å². The lowest BCUT2D eigenvalue weighted by Gasteiger charge is -2.10. The lowest BCUT2D eigenvalue weighted by atomic mass is 9.99. The highest BCUT2D eigenvalue weighted by Crippen LogP contribution is 2.21. The van der Waals surface area contributed by atoms with Gasteiger partial charge in [0.15, 0.2) is 6.61 Å². The van der Waals surface area contributed by atoms with Crippen molar-refractivity contribution in [1.82, 2.24) is 5.43 Å². The summed E-state index contributed by atoms with van der Waals surface area (Å²) in [6.07, 6.45) is 2.33. The van der Waals surface area contributed by atoms with Crippen molar-refractivity contribution in [3.05, 3.63) is 65.5 Å². The molecule has 0 bridgehead atoms. The number of rotatable bonds is 7. The van der Waals surface area contributed by atoms with E-state index in [1.54, 1.807) is 18.2 Å². The van der Waals surface area contributed by atoms with Gasteiger partial charge in [0, 0.05) is 5.56 Å². The summed E-state index contributed by atoms with van der Waals surface area (Å²) in [5, 5.41) is 3.72. The van der Waals surface area contributed by atoms with Crippen LogP contribution in [-0.4, -0.2) is 18.7 Å². The Balaban J connectivity index is 1.80. The molecular formula is C19H21FN2O2. The summed E-state index contributed by atoms with van der Waals surface area (Å²) >= 11 is 0. The van der Waals surface area contributed by atoms with Crippen LogP contribution in [0.4, 0.5) is 4.39 Å². The molecule has 1 amide bonds. The molecule has 0 aliphatic carbocycles. The summed E-state index contributed by atoms with van der Waals surface area (Å²) < 4.78 is 18.8. The minimum atomic E-state index is -0.409. The Morgan fingerprint density at radius 1 is 1.25 bits per heavy atom. The van der Waals surface area contributed by atoms with Crippen molar-refractivity contribution < 1.29 is 13.9 Å². The summed E-state index contributed by atoms with van der Waals surface area (Å²) in [5.74, 6) is 0.312. The number of amides is 1. The van der Waals surface area contributed by atoms with E-state index >= 15 is 0 Å². The fourth-order valence-corrected chi connectivity index (χ4v) is 2.06. The molecule has 2 aromatic rings. The standard InChI is InChI=1S/C19H21FN2O2/c1-3-14(2)15-8-10-17(11-9-15)24-13-19(23)22-21-12-16-6-4-5-7-18(16)20/h4-12,14H,3,13H2,1-2H3,(H,22,23). The number of carbonyl (C=O) groups is 1. The molecule has 1 atom stereocenters. The Morgan fingerprint density at radius 2 is 1.96 bits per heavy atom. The molecule has 0 heterocycles. The van der Waals surface area contributed by atoms with Crippen molar-refractivity contribution >= 4 is 12.1 Å². The topological polar surface area (TPSA) is 50.7 Å². The molecule has 0 fully saturated rings. The van der Waals surface area contributed by atoms with Crippen LogP contribution in [0.25, 0.3) is 0 Å². The molecular weight excluding hydrogens is 307 g/mol. The summed E-state index contributed by atoms with van der Waals surface area (Å²) in [6.45, 7) is 4.15. The van der Waals surface area contributed by atoms with E-state index in [0.29, 0.717) is 17.2 Å². The number of nitrogens with zero attached hydrogens (tertiary/aromatic N) is 1. The predicted octanol–water partition coefficient (Wildman–Crippen LogP) is 3.87. The average molecular weight is 328 g/mol. The second-order valence-corrected chi connectivity index (χ2v) is 5.48. The Morgan fingerprint density at radius 3 is 2.62 bits per heavy atom. The Bertz CT molecular complexity index is 699. The zero-order chi connectivity index (χ0) is 17.4. The van der Waals surface area contributed by atoms with E-state index in [-0.39, 0.29) is 6.61 Å². The van der Waals surface area contributed by atoms with E-state index in [4.69, 9.17) is 4.74 Å². The summed E-state index contributed by atoms with van der Waals surface area (Å²) in [7, 11) is 0. The number of halogens is 1. The Hall–Kier alpha value is -2.69. The smallest absolute Gasteiger partial charge is 0.277 e. The normalized spacial score (nSPS) is 12.1. The van der Waals surface area contributed by atoms with E-state index in [1.807, 2.05) is 24.3 Å². The number of carbonyl (C=O) groups excluding carboxylic acids is 1. The van der Waals surface area contributed by atoms with Crippen molar-refractivity contribution in [2.75, 3.05) is 6.61 Å². The van der Waals surface area contributed by atoms with E-state index in [9.17, 15) is 9.18 Å². The van der Waals surface area contributed by atoms with Gasteiger partial charge in [0.2, 0.25) is 0 Å². The molecule has 0 aliphatic heterocycles. The molecule has 4 nitrogen and oxygen atoms in total. The molecule has 2 aromatic carbocycles. The van der Waals surface area contributed by atoms with Gasteiger partial charge in [0.25, 0.3) is 5.91 Å². The highest BCUT2D eigenvalue weighted by molar-refractivity contribution is 5.83. The molecule has 0 saturated heterocycles. The number of hydrogen-bond donors (Lipinski definition) is 1. The maximum absolute atomic E-state index is 13.4. The predicted molar refractivity (Wildman–Crippen MR) is 92.8 cm³/mol. The number of hydrazone groups is 1. The van der Waals surface area contributed by atoms with Crippen LogP contribution in [0, 0.1) is 5.82 Å². The molecule has 126 valence electrons. The minimum absolute atomic E-state index is 0.155. The molecule has 0 saturated carbocycles. The van der Waals surface area contributed by atoms with E-state index < -0.39 is 11.7 Å². The summed E-state index contributed by atoms with van der Waals surface area (Å²) in [6, 6.07) is 13.9. The first kappa shape index (κ1) is 17.7. The van der Waals surface area contributed by atoms with Gasteiger partial charge in [0.05, 0.1) is 6.21 Å². The van der Waals surface area contributed by atoms with Crippen LogP contribution in [0.1, 0.15) is 37.3 Å². The van der Waals surface area contributed by atoms with Crippen LogP contribution in [0.15, 0.2) is 53.6 Å². The monoisotopic (exact) mass is 328 g/mol. The molecule has 0 radical (unpaired) electrons. The van der Waals surface area contributed by atoms with Crippen molar-refractivity contribution in [2.24, 2.45) is 5.10 Å². The second kappa shape index (κ2) is 8.82. The van der Waals surface area contributed by atoms with Gasteiger partial charge in [-0.2, -0.15) is 5.10 Å². The molecule has 1 N–H and O–H groups in total. The van der Waals surface area contributed by atoms with Crippen molar-refractivity contribution in [3.63, 3.8) is 0 Å². The van der Waals surface area contributed by atoms with Gasteiger partial charge in [-0.15, -0.1) is 0 Å². The number of benzene rings is 2. The van der Waals surface area contributed by atoms with Gasteiger partial charge in [-0.3, -0.25) is 4.79 Å². The lowest BCUT2D eigenvalue weighted by molar-refractivity contribution is -0.123. The molecule has 5 heteroatoms. The Labute approximate surface area is 141 Å². The maximum Gasteiger partial charge on any atom is 0.277 e. The fourth-order valence-electron chi connectivity index (χ4n) is 2.06. The van der Waals surface area contributed by atoms with E-state index in [2.05, 4.69) is 24.4 Å². The van der Waals surface area contributed by atoms with Crippen LogP contribution in [-0.2, 0) is 4.79 Å². The number of nitrogens with one attached hydrogen (secondary N) is 1. The van der Waals surface area contributed by atoms with Crippen LogP contribution in [0.5, 0.6) is 5.75 Å². The lowest BCUT2D eigenvalue weighted by Crippen LogP contribution is -2.24. The molecule has 24 heavy (non-hydrogen) atoms. The second-order valence-electron chi connectivity index (χ2n) is 5.48. The Kier molecular flexibility index (Phi) is 6.49. The van der Waals surface area contributed by atoms with Gasteiger partial charge >= 0.3 is 0 Å². The number of hydrogen-bond acceptors (Lipinski definition) is 3. The van der Waals surface area contributed by atoms with E-state index in [0.717, 1.165) is 6.42 Å². The SMILES string of the molecule is CCC(C)c1ccc(OCC(=O)NN=Cc2ccccc2F)cc1. The minimum Gasteiger partial charge on any atom is -0.484 e. The van der Waals surface area contributed by atoms with Crippen molar-refractivity contribution in [3.8, 4) is 5.75 Å². The van der Waals surface area contributed by atoms with Crippen molar-refractivity contribution in [2.45, 2.75) is 26.2 Å². The highest BCUT2D eigenvalue weighted by Gasteiger charge is 2.05. The summed E-state index contributed by atoms with van der Waals surface area (Å²) in [4.78, 5) is 11.7. The van der Waals surface area contributed by atoms with Gasteiger partial charge in [0.1, 0.15) is 11.6 Å². The zero-order valence-corrected chi connectivity index (χ0v) is 13.8. The zero-order valence-electron chi connectivity index (χ0n) is 13.8. The van der Waals surface area contributed by atoms with E-state index in [1.165, 1.54) is 17.8 Å². The van der Waals surface area contributed by atoms with Crippen LogP contribution < -0.4 is 10.2 Å². The average Bonchev–Trinajstić information content (AvgIpc) is 2.61. The quantitative estimate of drug-likeness (QED) is 0.619. The first-order valence-electron chi connectivity index (χ1n) is 7.89. The van der Waals surface area contributed by atoms with Crippen molar-refractivity contribution in [1.29, 1.82) is 0 Å². The highest BCUT2D eigenvalue weighted by atomic mass is 19.1. The van der Waals surface area contributed by atoms with Crippen LogP contribution in [0.3, 0.4) is 0 Å². The maximum atomic E-state index is 13.4. The molecule has 2 rings (SSSR count). The number of ether oxygens (including phenoxy) is 1. The van der Waals surface area contributed by atoms with Gasteiger partial charge in [-0.1, -0.05) is 44.2 Å². The molecule has 1 unspecified atom stereocenters. The van der Waals surface area contributed by atoms with Gasteiger partial charge in [-0.05, 0) is 36.1 Å². The van der Waals surface area contributed by atoms with Gasteiger partial charge < -0.3 is 4.74 Å². The third kappa shape index (κ3) is 5.19. The molecule has 0 aliphatic rings. The molecule has 0 aromatic heterocycles. The molecule has 0 spiro atoms.